The highest BCUT2D eigenvalue weighted by molar-refractivity contribution is 7.91. The molecule has 3 aromatic rings. The van der Waals surface area contributed by atoms with Crippen molar-refractivity contribution in [3.05, 3.63) is 70.6 Å². The van der Waals surface area contributed by atoms with Gasteiger partial charge >= 0.3 is 0 Å². The molecule has 28 heavy (non-hydrogen) atoms. The summed E-state index contributed by atoms with van der Waals surface area (Å²) in [4.78, 5) is 12.9. The molecular formula is C20H16ClNO5S. The molecule has 8 heteroatoms. The van der Waals surface area contributed by atoms with E-state index >= 15 is 0 Å². The lowest BCUT2D eigenvalue weighted by molar-refractivity contribution is 0.103. The molecule has 0 aliphatic heterocycles. The van der Waals surface area contributed by atoms with Crippen molar-refractivity contribution >= 4 is 27.2 Å². The Bertz CT molecular complexity index is 1150. The molecule has 1 fully saturated rings. The Morgan fingerprint density at radius 3 is 2.50 bits per heavy atom. The van der Waals surface area contributed by atoms with Crippen molar-refractivity contribution in [2.45, 2.75) is 23.7 Å². The van der Waals surface area contributed by atoms with E-state index in [4.69, 9.17) is 20.9 Å². The van der Waals surface area contributed by atoms with E-state index in [0.717, 1.165) is 19.1 Å². The Labute approximate surface area is 167 Å². The third kappa shape index (κ3) is 3.55. The van der Waals surface area contributed by atoms with E-state index < -0.39 is 15.6 Å². The van der Waals surface area contributed by atoms with E-state index in [9.17, 15) is 13.2 Å². The number of rotatable bonds is 6. The maximum atomic E-state index is 13.2. The van der Waals surface area contributed by atoms with Gasteiger partial charge in [-0.3, -0.25) is 4.79 Å². The van der Waals surface area contributed by atoms with Gasteiger partial charge in [0.05, 0.1) is 16.8 Å². The minimum absolute atomic E-state index is 0.0251. The first kappa shape index (κ1) is 18.7. The van der Waals surface area contributed by atoms with E-state index in [1.807, 2.05) is 0 Å². The number of benzene rings is 2. The highest BCUT2D eigenvalue weighted by atomic mass is 35.5. The van der Waals surface area contributed by atoms with Crippen LogP contribution in [-0.2, 0) is 9.84 Å². The van der Waals surface area contributed by atoms with Crippen molar-refractivity contribution in [2.75, 3.05) is 6.26 Å². The summed E-state index contributed by atoms with van der Waals surface area (Å²) >= 11 is 6.25. The van der Waals surface area contributed by atoms with Crippen molar-refractivity contribution < 1.29 is 22.5 Å². The van der Waals surface area contributed by atoms with Gasteiger partial charge in [0.15, 0.2) is 27.1 Å². The van der Waals surface area contributed by atoms with Crippen LogP contribution in [0, 0.1) is 0 Å². The molecule has 0 bridgehead atoms. The molecule has 144 valence electrons. The van der Waals surface area contributed by atoms with Crippen LogP contribution in [0.15, 0.2) is 58.1 Å². The molecule has 2 aromatic carbocycles. The number of hydrogen-bond donors (Lipinski definition) is 0. The van der Waals surface area contributed by atoms with Gasteiger partial charge in [-0.15, -0.1) is 0 Å². The lowest BCUT2D eigenvalue weighted by atomic mass is 10.0. The summed E-state index contributed by atoms with van der Waals surface area (Å²) in [7, 11) is -3.84. The topological polar surface area (TPSA) is 86.5 Å². The average molecular weight is 418 g/mol. The smallest absolute Gasteiger partial charge is 0.199 e. The molecule has 1 saturated carbocycles. The Morgan fingerprint density at radius 2 is 1.86 bits per heavy atom. The normalized spacial score (nSPS) is 14.1. The van der Waals surface area contributed by atoms with Gasteiger partial charge in [0.2, 0.25) is 0 Å². The highest BCUT2D eigenvalue weighted by Crippen LogP contribution is 2.43. The molecule has 0 saturated heterocycles. The minimum Gasteiger partial charge on any atom is -0.454 e. The largest absolute Gasteiger partial charge is 0.454 e. The quantitative estimate of drug-likeness (QED) is 0.543. The zero-order valence-electron chi connectivity index (χ0n) is 14.9. The summed E-state index contributed by atoms with van der Waals surface area (Å²) in [6, 6.07) is 11.5. The van der Waals surface area contributed by atoms with E-state index in [1.54, 1.807) is 30.3 Å². The van der Waals surface area contributed by atoms with Crippen LogP contribution in [-0.4, -0.2) is 25.6 Å². The van der Waals surface area contributed by atoms with Crippen LogP contribution in [0.25, 0.3) is 0 Å². The van der Waals surface area contributed by atoms with Gasteiger partial charge in [-0.05, 0) is 37.1 Å². The second kappa shape index (κ2) is 7.07. The second-order valence-corrected chi connectivity index (χ2v) is 9.01. The number of hydrogen-bond acceptors (Lipinski definition) is 6. The molecule has 0 unspecified atom stereocenters. The van der Waals surface area contributed by atoms with E-state index in [1.165, 1.54) is 18.3 Å². The maximum absolute atomic E-state index is 13.2. The molecule has 0 radical (unpaired) electrons. The first-order valence-electron chi connectivity index (χ1n) is 8.61. The first-order valence-corrected chi connectivity index (χ1v) is 10.9. The molecule has 4 rings (SSSR count). The molecule has 1 aliphatic rings. The molecule has 0 atom stereocenters. The van der Waals surface area contributed by atoms with Crippen LogP contribution >= 0.6 is 11.6 Å². The van der Waals surface area contributed by atoms with Crippen LogP contribution in [0.3, 0.4) is 0 Å². The summed E-state index contributed by atoms with van der Waals surface area (Å²) in [6.07, 6.45) is 4.17. The second-order valence-electron chi connectivity index (χ2n) is 6.65. The lowest BCUT2D eigenvalue weighted by Crippen LogP contribution is -2.12. The Kier molecular flexibility index (Phi) is 4.72. The van der Waals surface area contributed by atoms with Crippen molar-refractivity contribution in [3.8, 4) is 11.5 Å². The number of carbonyl (C=O) groups excluding carboxylic acids is 1. The zero-order valence-corrected chi connectivity index (χ0v) is 16.5. The Hall–Kier alpha value is -2.64. The van der Waals surface area contributed by atoms with Crippen LogP contribution in [0.5, 0.6) is 11.5 Å². The zero-order chi connectivity index (χ0) is 19.9. The summed E-state index contributed by atoms with van der Waals surface area (Å²) < 4.78 is 36.2. The van der Waals surface area contributed by atoms with Crippen LogP contribution in [0.2, 0.25) is 5.02 Å². The number of para-hydroxylation sites is 1. The number of sulfone groups is 1. The fourth-order valence-electron chi connectivity index (χ4n) is 2.99. The average Bonchev–Trinajstić information content (AvgIpc) is 3.39. The number of nitrogens with zero attached hydrogens (tertiary/aromatic N) is 1. The molecule has 0 N–H and O–H groups in total. The first-order chi connectivity index (χ1) is 13.4. The Morgan fingerprint density at radius 1 is 1.14 bits per heavy atom. The third-order valence-electron chi connectivity index (χ3n) is 4.43. The molecule has 1 aliphatic carbocycles. The van der Waals surface area contributed by atoms with E-state index in [2.05, 4.69) is 5.16 Å². The summed E-state index contributed by atoms with van der Waals surface area (Å²) in [5, 5.41) is 3.82. The van der Waals surface area contributed by atoms with E-state index in [0.29, 0.717) is 11.5 Å². The monoisotopic (exact) mass is 417 g/mol. The van der Waals surface area contributed by atoms with E-state index in [-0.39, 0.29) is 32.7 Å². The van der Waals surface area contributed by atoms with Gasteiger partial charge in [0, 0.05) is 17.7 Å². The minimum atomic E-state index is -3.84. The van der Waals surface area contributed by atoms with Gasteiger partial charge in [-0.25, -0.2) is 8.42 Å². The number of ether oxygens (including phenoxy) is 1. The van der Waals surface area contributed by atoms with Crippen molar-refractivity contribution in [2.24, 2.45) is 0 Å². The predicted molar refractivity (Wildman–Crippen MR) is 103 cm³/mol. The number of ketones is 1. The van der Waals surface area contributed by atoms with Gasteiger partial charge in [-0.1, -0.05) is 35.0 Å². The number of aromatic nitrogens is 1. The van der Waals surface area contributed by atoms with Crippen molar-refractivity contribution in [1.82, 2.24) is 5.16 Å². The fraction of sp³-hybridized carbons (Fsp3) is 0.200. The molecule has 1 heterocycles. The molecule has 6 nitrogen and oxygen atoms in total. The van der Waals surface area contributed by atoms with Crippen molar-refractivity contribution in [3.63, 3.8) is 0 Å². The summed E-state index contributed by atoms with van der Waals surface area (Å²) in [5.74, 6) is 0.478. The maximum Gasteiger partial charge on any atom is 0.199 e. The fourth-order valence-corrected chi connectivity index (χ4v) is 4.29. The number of halogens is 1. The molecule has 1 aromatic heterocycles. The summed E-state index contributed by atoms with van der Waals surface area (Å²) in [5.41, 5.74) is 0.239. The number of carbonyl (C=O) groups is 1. The highest BCUT2D eigenvalue weighted by Gasteiger charge is 2.35. The van der Waals surface area contributed by atoms with Crippen LogP contribution in [0.1, 0.15) is 40.4 Å². The standard InChI is InChI=1S/C20H16ClNO5S/c1-28(24,25)20-14(17(23)15-11-22-27-18(15)12-7-8-12)9-10-16(21)19(20)26-13-5-3-2-4-6-13/h2-6,9-12H,7-8H2,1H3. The Balaban J connectivity index is 1.87. The van der Waals surface area contributed by atoms with Gasteiger partial charge < -0.3 is 9.26 Å². The van der Waals surface area contributed by atoms with Crippen LogP contribution in [0.4, 0.5) is 0 Å². The van der Waals surface area contributed by atoms with Gasteiger partial charge in [-0.2, -0.15) is 0 Å². The van der Waals surface area contributed by atoms with Crippen molar-refractivity contribution in [1.29, 1.82) is 0 Å². The van der Waals surface area contributed by atoms with Crippen LogP contribution < -0.4 is 4.74 Å². The molecular weight excluding hydrogens is 402 g/mol. The SMILES string of the molecule is CS(=O)(=O)c1c(C(=O)c2cnoc2C2CC2)ccc(Cl)c1Oc1ccccc1. The third-order valence-corrected chi connectivity index (χ3v) is 5.88. The van der Waals surface area contributed by atoms with Gasteiger partial charge in [0.1, 0.15) is 10.6 Å². The van der Waals surface area contributed by atoms with Gasteiger partial charge in [0.25, 0.3) is 0 Å². The summed E-state index contributed by atoms with van der Waals surface area (Å²) in [6.45, 7) is 0. The lowest BCUT2D eigenvalue weighted by Gasteiger charge is -2.15. The molecule has 0 amide bonds. The molecule has 0 spiro atoms. The predicted octanol–water partition coefficient (Wildman–Crippen LogP) is 4.63.